The van der Waals surface area contributed by atoms with Gasteiger partial charge in [0, 0.05) is 37.1 Å². The lowest BCUT2D eigenvalue weighted by Gasteiger charge is -2.06. The first-order chi connectivity index (χ1) is 13.6. The molecule has 28 heavy (non-hydrogen) atoms. The molecular weight excluding hydrogens is 354 g/mol. The molecule has 0 saturated heterocycles. The molecule has 1 amide bonds. The predicted octanol–water partition coefficient (Wildman–Crippen LogP) is 4.14. The first-order valence-corrected chi connectivity index (χ1v) is 9.22. The molecule has 0 spiro atoms. The fourth-order valence-electron chi connectivity index (χ4n) is 3.31. The number of pyridine rings is 1. The third-order valence-corrected chi connectivity index (χ3v) is 4.75. The summed E-state index contributed by atoms with van der Waals surface area (Å²) in [6.07, 6.45) is 5.27. The number of nitrogens with one attached hydrogen (secondary N) is 1. The highest BCUT2D eigenvalue weighted by Gasteiger charge is 2.22. The molecule has 0 bridgehead atoms. The third-order valence-electron chi connectivity index (χ3n) is 4.75. The van der Waals surface area contributed by atoms with Gasteiger partial charge in [0.15, 0.2) is 0 Å². The predicted molar refractivity (Wildman–Crippen MR) is 107 cm³/mol. The van der Waals surface area contributed by atoms with E-state index in [-0.39, 0.29) is 5.91 Å². The summed E-state index contributed by atoms with van der Waals surface area (Å²) in [7, 11) is 2.01. The molecule has 7 heteroatoms. The van der Waals surface area contributed by atoms with Gasteiger partial charge in [-0.25, -0.2) is 4.98 Å². The monoisotopic (exact) mass is 375 g/mol. The number of aromatic nitrogens is 4. The van der Waals surface area contributed by atoms with Gasteiger partial charge in [0.2, 0.25) is 0 Å². The van der Waals surface area contributed by atoms with Crippen LogP contribution in [0.4, 0.5) is 5.69 Å². The number of carbonyl (C=O) groups excluding carboxylic acids is 1. The van der Waals surface area contributed by atoms with Gasteiger partial charge in [0.1, 0.15) is 22.8 Å². The summed E-state index contributed by atoms with van der Waals surface area (Å²) in [4.78, 5) is 21.6. The molecule has 0 aliphatic heterocycles. The number of anilines is 1. The Morgan fingerprint density at radius 3 is 2.75 bits per heavy atom. The van der Waals surface area contributed by atoms with Crippen molar-refractivity contribution in [2.75, 3.05) is 5.32 Å². The molecule has 4 rings (SSSR count). The number of fused-ring (bicyclic) bond motifs is 1. The van der Waals surface area contributed by atoms with Gasteiger partial charge in [0.05, 0.1) is 11.0 Å². The highest BCUT2D eigenvalue weighted by Crippen LogP contribution is 2.26. The zero-order chi connectivity index (χ0) is 19.7. The van der Waals surface area contributed by atoms with E-state index >= 15 is 0 Å². The quantitative estimate of drug-likeness (QED) is 0.567. The molecule has 0 radical (unpaired) electrons. The summed E-state index contributed by atoms with van der Waals surface area (Å²) >= 11 is 0. The maximum absolute atomic E-state index is 12.9. The number of benzene rings is 1. The van der Waals surface area contributed by atoms with Crippen LogP contribution in [-0.4, -0.2) is 25.6 Å². The fourth-order valence-corrected chi connectivity index (χ4v) is 3.31. The molecular formula is C21H21N5O2. The van der Waals surface area contributed by atoms with Crippen LogP contribution in [-0.2, 0) is 13.5 Å². The van der Waals surface area contributed by atoms with Crippen LogP contribution in [0.25, 0.3) is 22.3 Å². The van der Waals surface area contributed by atoms with Crippen LogP contribution in [0.3, 0.4) is 0 Å². The standard InChI is InChI=1S/C21H21N5O2/c1-4-5-18-24-16-12-15(6-7-17(16)26(18)3)23-21(27)19-13(2)28-25-20(19)14-8-10-22-11-9-14/h6-12H,4-5H2,1-3H3,(H,23,27). The SMILES string of the molecule is CCCc1nc2cc(NC(=O)c3c(-c4ccncc4)noc3C)ccc2n1C. The maximum Gasteiger partial charge on any atom is 0.261 e. The van der Waals surface area contributed by atoms with E-state index in [1.54, 1.807) is 31.5 Å². The van der Waals surface area contributed by atoms with E-state index in [0.29, 0.717) is 22.7 Å². The second kappa shape index (κ2) is 7.26. The summed E-state index contributed by atoms with van der Waals surface area (Å²) in [5.74, 6) is 1.24. The summed E-state index contributed by atoms with van der Waals surface area (Å²) < 4.78 is 7.37. The van der Waals surface area contributed by atoms with E-state index in [1.165, 1.54) is 0 Å². The molecule has 0 aliphatic rings. The number of carbonyl (C=O) groups is 1. The average molecular weight is 375 g/mol. The van der Waals surface area contributed by atoms with Crippen LogP contribution in [0.2, 0.25) is 0 Å². The molecule has 0 atom stereocenters. The van der Waals surface area contributed by atoms with Gasteiger partial charge >= 0.3 is 0 Å². The van der Waals surface area contributed by atoms with E-state index in [1.807, 2.05) is 25.2 Å². The van der Waals surface area contributed by atoms with Gasteiger partial charge in [-0.3, -0.25) is 9.78 Å². The van der Waals surface area contributed by atoms with E-state index in [0.717, 1.165) is 35.3 Å². The van der Waals surface area contributed by atoms with Crippen LogP contribution in [0.5, 0.6) is 0 Å². The van der Waals surface area contributed by atoms with Gasteiger partial charge in [-0.2, -0.15) is 0 Å². The maximum atomic E-state index is 12.9. The van der Waals surface area contributed by atoms with Crippen LogP contribution in [0.1, 0.15) is 35.3 Å². The van der Waals surface area contributed by atoms with E-state index in [4.69, 9.17) is 4.52 Å². The molecule has 3 heterocycles. The number of hydrogen-bond acceptors (Lipinski definition) is 5. The van der Waals surface area contributed by atoms with Crippen LogP contribution in [0.15, 0.2) is 47.2 Å². The van der Waals surface area contributed by atoms with Gasteiger partial charge in [-0.1, -0.05) is 12.1 Å². The molecule has 7 nitrogen and oxygen atoms in total. The van der Waals surface area contributed by atoms with Crippen molar-refractivity contribution in [3.05, 3.63) is 59.9 Å². The number of aryl methyl sites for hydroxylation is 3. The Balaban J connectivity index is 1.65. The van der Waals surface area contributed by atoms with Gasteiger partial charge in [-0.05, 0) is 43.7 Å². The van der Waals surface area contributed by atoms with Gasteiger partial charge in [0.25, 0.3) is 5.91 Å². The van der Waals surface area contributed by atoms with Crippen LogP contribution >= 0.6 is 0 Å². The number of hydrogen-bond donors (Lipinski definition) is 1. The minimum atomic E-state index is -0.269. The van der Waals surface area contributed by atoms with Crippen molar-refractivity contribution in [1.29, 1.82) is 0 Å². The summed E-state index contributed by atoms with van der Waals surface area (Å²) in [5, 5.41) is 7.00. The second-order valence-corrected chi connectivity index (χ2v) is 6.69. The van der Waals surface area contributed by atoms with E-state index in [2.05, 4.69) is 31.9 Å². The topological polar surface area (TPSA) is 85.8 Å². The highest BCUT2D eigenvalue weighted by molar-refractivity contribution is 6.09. The lowest BCUT2D eigenvalue weighted by atomic mass is 10.1. The molecule has 142 valence electrons. The zero-order valence-electron chi connectivity index (χ0n) is 16.1. The Bertz CT molecular complexity index is 1140. The smallest absolute Gasteiger partial charge is 0.261 e. The first-order valence-electron chi connectivity index (χ1n) is 9.22. The molecule has 3 aromatic heterocycles. The van der Waals surface area contributed by atoms with E-state index in [9.17, 15) is 4.79 Å². The molecule has 1 aromatic carbocycles. The second-order valence-electron chi connectivity index (χ2n) is 6.69. The van der Waals surface area contributed by atoms with E-state index < -0.39 is 0 Å². The summed E-state index contributed by atoms with van der Waals surface area (Å²) in [6, 6.07) is 9.34. The molecule has 4 aromatic rings. The lowest BCUT2D eigenvalue weighted by Crippen LogP contribution is -2.13. The van der Waals surface area contributed by atoms with Gasteiger partial charge in [-0.15, -0.1) is 0 Å². The first kappa shape index (κ1) is 17.9. The third kappa shape index (κ3) is 3.15. The number of amides is 1. The highest BCUT2D eigenvalue weighted by atomic mass is 16.5. The van der Waals surface area contributed by atoms with Crippen LogP contribution < -0.4 is 5.32 Å². The summed E-state index contributed by atoms with van der Waals surface area (Å²) in [5.41, 5.74) is 4.28. The fraction of sp³-hybridized carbons (Fsp3) is 0.238. The minimum Gasteiger partial charge on any atom is -0.360 e. The molecule has 0 aliphatic carbocycles. The minimum absolute atomic E-state index is 0.269. The Hall–Kier alpha value is -3.48. The normalized spacial score (nSPS) is 11.1. The number of nitrogens with zero attached hydrogens (tertiary/aromatic N) is 4. The van der Waals surface area contributed by atoms with Crippen molar-refractivity contribution in [2.24, 2.45) is 7.05 Å². The lowest BCUT2D eigenvalue weighted by molar-refractivity contribution is 0.102. The zero-order valence-corrected chi connectivity index (χ0v) is 16.1. The average Bonchev–Trinajstić information content (AvgIpc) is 3.23. The van der Waals surface area contributed by atoms with Crippen LogP contribution in [0, 0.1) is 6.92 Å². The van der Waals surface area contributed by atoms with Crippen molar-refractivity contribution < 1.29 is 9.32 Å². The molecule has 1 N–H and O–H groups in total. The Morgan fingerprint density at radius 1 is 1.21 bits per heavy atom. The van der Waals surface area contributed by atoms with Crippen molar-refractivity contribution in [3.8, 4) is 11.3 Å². The van der Waals surface area contributed by atoms with Crippen molar-refractivity contribution in [1.82, 2.24) is 19.7 Å². The molecule has 0 unspecified atom stereocenters. The Labute approximate surface area is 162 Å². The molecule has 0 fully saturated rings. The molecule has 0 saturated carbocycles. The summed E-state index contributed by atoms with van der Waals surface area (Å²) in [6.45, 7) is 3.86. The number of imidazole rings is 1. The van der Waals surface area contributed by atoms with Crippen molar-refractivity contribution >= 4 is 22.6 Å². The number of rotatable bonds is 5. The van der Waals surface area contributed by atoms with Gasteiger partial charge < -0.3 is 14.4 Å². The Kier molecular flexibility index (Phi) is 4.65. The van der Waals surface area contributed by atoms with Crippen molar-refractivity contribution in [3.63, 3.8) is 0 Å². The Morgan fingerprint density at radius 2 is 2.00 bits per heavy atom. The largest absolute Gasteiger partial charge is 0.360 e. The van der Waals surface area contributed by atoms with Crippen molar-refractivity contribution in [2.45, 2.75) is 26.7 Å².